The summed E-state index contributed by atoms with van der Waals surface area (Å²) in [5.41, 5.74) is 10.8. The number of thiophene rings is 1. The maximum atomic E-state index is 3.93. The minimum absolute atomic E-state index is 0.0927. The second kappa shape index (κ2) is 14.2. The van der Waals surface area contributed by atoms with Gasteiger partial charge in [0, 0.05) is 48.4 Å². The zero-order valence-electron chi connectivity index (χ0n) is 30.0. The van der Waals surface area contributed by atoms with Crippen molar-refractivity contribution in [1.82, 2.24) is 15.2 Å². The first-order chi connectivity index (χ1) is 26.2. The Labute approximate surface area is 314 Å². The van der Waals surface area contributed by atoms with Crippen LogP contribution in [0.3, 0.4) is 0 Å². The van der Waals surface area contributed by atoms with Crippen molar-refractivity contribution in [3.8, 4) is 16.8 Å². The highest BCUT2D eigenvalue weighted by atomic mass is 32.1. The van der Waals surface area contributed by atoms with Crippen molar-refractivity contribution in [2.24, 2.45) is 0 Å². The molecule has 3 nitrogen and oxygen atoms in total. The molecule has 2 N–H and O–H groups in total. The predicted molar refractivity (Wildman–Crippen MR) is 228 cm³/mol. The standard InChI is InChI=1S/C49H41N3S/c1-3-16-44(51-49(35-19-8-5-9-20-35)50-33(2)34-17-6-4-7-18-34)37-21-14-22-38(31-37)52-45-27-12-10-23-40(45)43-32-36(29-30-46(43)52)39-25-15-26-42-41-24-11-13-28-47(41)53-48(39)42/h4-33,49-51H,3H2,1-2H3/b44-16+. The Morgan fingerprint density at radius 3 is 2.11 bits per heavy atom. The summed E-state index contributed by atoms with van der Waals surface area (Å²) in [6, 6.07) is 61.7. The molecule has 0 saturated carbocycles. The molecule has 53 heavy (non-hydrogen) atoms. The molecule has 2 unspecified atom stereocenters. The van der Waals surface area contributed by atoms with Crippen LogP contribution >= 0.6 is 11.3 Å². The van der Waals surface area contributed by atoms with Gasteiger partial charge in [-0.3, -0.25) is 5.32 Å². The lowest BCUT2D eigenvalue weighted by Gasteiger charge is -2.28. The van der Waals surface area contributed by atoms with E-state index in [0.29, 0.717) is 0 Å². The Morgan fingerprint density at radius 1 is 0.623 bits per heavy atom. The smallest absolute Gasteiger partial charge is 0.104 e. The highest BCUT2D eigenvalue weighted by molar-refractivity contribution is 7.26. The molecule has 9 aromatic rings. The number of fused-ring (bicyclic) bond motifs is 6. The van der Waals surface area contributed by atoms with E-state index in [2.05, 4.69) is 205 Å². The monoisotopic (exact) mass is 703 g/mol. The molecule has 0 aliphatic heterocycles. The number of nitrogens with zero attached hydrogens (tertiary/aromatic N) is 1. The van der Waals surface area contributed by atoms with Crippen LogP contribution in [0.2, 0.25) is 0 Å². The fraction of sp³-hybridized carbons (Fsp3) is 0.102. The number of aromatic nitrogens is 1. The van der Waals surface area contributed by atoms with Gasteiger partial charge in [-0.1, -0.05) is 146 Å². The molecular weight excluding hydrogens is 663 g/mol. The zero-order valence-corrected chi connectivity index (χ0v) is 30.8. The highest BCUT2D eigenvalue weighted by Crippen LogP contribution is 2.42. The van der Waals surface area contributed by atoms with Crippen molar-refractivity contribution in [1.29, 1.82) is 0 Å². The normalized spacial score (nSPS) is 13.2. The van der Waals surface area contributed by atoms with Gasteiger partial charge < -0.3 is 9.88 Å². The van der Waals surface area contributed by atoms with Crippen LogP contribution in [-0.4, -0.2) is 4.57 Å². The summed E-state index contributed by atoms with van der Waals surface area (Å²) in [5.74, 6) is 0. The summed E-state index contributed by atoms with van der Waals surface area (Å²) in [4.78, 5) is 0. The molecule has 9 rings (SSSR count). The first kappa shape index (κ1) is 32.9. The Kier molecular flexibility index (Phi) is 8.84. The van der Waals surface area contributed by atoms with Crippen molar-refractivity contribution >= 4 is 59.0 Å². The molecule has 0 saturated heterocycles. The molecule has 258 valence electrons. The van der Waals surface area contributed by atoms with Crippen molar-refractivity contribution < 1.29 is 0 Å². The van der Waals surface area contributed by atoms with Crippen molar-refractivity contribution in [3.05, 3.63) is 193 Å². The molecule has 7 aromatic carbocycles. The van der Waals surface area contributed by atoms with E-state index >= 15 is 0 Å². The lowest BCUT2D eigenvalue weighted by atomic mass is 10.0. The van der Waals surface area contributed by atoms with Crippen molar-refractivity contribution in [3.63, 3.8) is 0 Å². The molecule has 4 heteroatoms. The Morgan fingerprint density at radius 2 is 1.30 bits per heavy atom. The van der Waals surface area contributed by atoms with Gasteiger partial charge in [0.25, 0.3) is 0 Å². The van der Waals surface area contributed by atoms with Gasteiger partial charge in [0.2, 0.25) is 0 Å². The molecule has 0 aliphatic rings. The maximum absolute atomic E-state index is 3.93. The molecule has 2 aromatic heterocycles. The van der Waals surface area contributed by atoms with E-state index in [-0.39, 0.29) is 12.2 Å². The predicted octanol–water partition coefficient (Wildman–Crippen LogP) is 13.2. The molecule has 0 aliphatic carbocycles. The van der Waals surface area contributed by atoms with E-state index in [4.69, 9.17) is 0 Å². The summed E-state index contributed by atoms with van der Waals surface area (Å²) < 4.78 is 5.09. The number of rotatable bonds is 10. The van der Waals surface area contributed by atoms with Crippen LogP contribution in [0.25, 0.3) is 64.5 Å². The van der Waals surface area contributed by atoms with Gasteiger partial charge in [0.05, 0.1) is 11.0 Å². The van der Waals surface area contributed by atoms with Gasteiger partial charge in [-0.25, -0.2) is 0 Å². The van der Waals surface area contributed by atoms with Crippen LogP contribution in [0.4, 0.5) is 0 Å². The third-order valence-electron chi connectivity index (χ3n) is 10.4. The first-order valence-corrected chi connectivity index (χ1v) is 19.3. The summed E-state index contributed by atoms with van der Waals surface area (Å²) in [7, 11) is 0. The number of allylic oxidation sites excluding steroid dienone is 1. The molecule has 0 bridgehead atoms. The van der Waals surface area contributed by atoms with Crippen LogP contribution in [0.5, 0.6) is 0 Å². The maximum Gasteiger partial charge on any atom is 0.104 e. The average Bonchev–Trinajstić information content (AvgIpc) is 3.77. The number of benzene rings is 7. The van der Waals surface area contributed by atoms with E-state index in [9.17, 15) is 0 Å². The average molecular weight is 704 g/mol. The highest BCUT2D eigenvalue weighted by Gasteiger charge is 2.19. The van der Waals surface area contributed by atoms with Crippen LogP contribution in [-0.2, 0) is 0 Å². The van der Waals surface area contributed by atoms with E-state index < -0.39 is 0 Å². The molecule has 0 spiro atoms. The minimum Gasteiger partial charge on any atom is -0.366 e. The third kappa shape index (κ3) is 6.20. The van der Waals surface area contributed by atoms with Crippen LogP contribution in [0.1, 0.15) is 49.2 Å². The second-order valence-corrected chi connectivity index (χ2v) is 14.8. The number of para-hydroxylation sites is 1. The van der Waals surface area contributed by atoms with Crippen molar-refractivity contribution in [2.75, 3.05) is 0 Å². The van der Waals surface area contributed by atoms with E-state index in [1.54, 1.807) is 0 Å². The Bertz CT molecular complexity index is 2740. The summed E-state index contributed by atoms with van der Waals surface area (Å²) >= 11 is 1.89. The summed E-state index contributed by atoms with van der Waals surface area (Å²) in [6.07, 6.45) is 3.12. The number of hydrogen-bond acceptors (Lipinski definition) is 3. The number of hydrogen-bond donors (Lipinski definition) is 2. The van der Waals surface area contributed by atoms with Crippen LogP contribution in [0.15, 0.2) is 176 Å². The molecule has 0 fully saturated rings. The van der Waals surface area contributed by atoms with Gasteiger partial charge in [-0.15, -0.1) is 11.3 Å². The SMILES string of the molecule is CC/C=C(/NC(NC(C)c1ccccc1)c1ccccc1)c1cccc(-n2c3ccccc3c3cc(-c4cccc5c4sc4ccccc45)ccc32)c1. The van der Waals surface area contributed by atoms with Gasteiger partial charge in [-0.05, 0) is 77.6 Å². The van der Waals surface area contributed by atoms with E-state index in [0.717, 1.165) is 23.4 Å². The zero-order chi connectivity index (χ0) is 35.7. The second-order valence-electron chi connectivity index (χ2n) is 13.7. The fourth-order valence-corrected chi connectivity index (χ4v) is 9.02. The van der Waals surface area contributed by atoms with E-state index in [1.165, 1.54) is 64.2 Å². The molecular formula is C49H41N3S. The Balaban J connectivity index is 1.12. The summed E-state index contributed by atoms with van der Waals surface area (Å²) in [6.45, 7) is 4.43. The Hall–Kier alpha value is -5.94. The molecule has 0 radical (unpaired) electrons. The topological polar surface area (TPSA) is 29.0 Å². The summed E-state index contributed by atoms with van der Waals surface area (Å²) in [5, 5.41) is 13.0. The molecule has 2 heterocycles. The fourth-order valence-electron chi connectivity index (χ4n) is 7.78. The minimum atomic E-state index is -0.0927. The third-order valence-corrected chi connectivity index (χ3v) is 11.6. The first-order valence-electron chi connectivity index (χ1n) is 18.5. The molecule has 0 amide bonds. The van der Waals surface area contributed by atoms with Gasteiger partial charge in [0.1, 0.15) is 6.17 Å². The van der Waals surface area contributed by atoms with Gasteiger partial charge in [-0.2, -0.15) is 0 Å². The molecule has 2 atom stereocenters. The largest absolute Gasteiger partial charge is 0.366 e. The van der Waals surface area contributed by atoms with Crippen LogP contribution in [0, 0.1) is 0 Å². The number of nitrogens with one attached hydrogen (secondary N) is 2. The van der Waals surface area contributed by atoms with Crippen molar-refractivity contribution in [2.45, 2.75) is 32.5 Å². The van der Waals surface area contributed by atoms with Gasteiger partial charge >= 0.3 is 0 Å². The van der Waals surface area contributed by atoms with E-state index in [1.807, 2.05) is 11.3 Å². The van der Waals surface area contributed by atoms with Crippen LogP contribution < -0.4 is 10.6 Å². The quantitative estimate of drug-likeness (QED) is 0.139. The lowest BCUT2D eigenvalue weighted by molar-refractivity contribution is 0.439. The van der Waals surface area contributed by atoms with Gasteiger partial charge in [0.15, 0.2) is 0 Å². The lowest BCUT2D eigenvalue weighted by Crippen LogP contribution is -2.35.